The third kappa shape index (κ3) is 4.14. The summed E-state index contributed by atoms with van der Waals surface area (Å²) in [5.74, 6) is -2.41. The second kappa shape index (κ2) is 9.33. The van der Waals surface area contributed by atoms with Gasteiger partial charge in [0.15, 0.2) is 0 Å². The van der Waals surface area contributed by atoms with E-state index in [2.05, 4.69) is 0 Å². The van der Waals surface area contributed by atoms with Gasteiger partial charge in [0.1, 0.15) is 6.73 Å². The number of nitro benzene ring substituents is 1. The first-order valence-electron chi connectivity index (χ1n) is 8.96. The average Bonchev–Trinajstić information content (AvgIpc) is 2.72. The number of allylic oxidation sites excluding steroid dienone is 2. The minimum absolute atomic E-state index is 0.0960. The fourth-order valence-corrected chi connectivity index (χ4v) is 3.44. The van der Waals surface area contributed by atoms with Gasteiger partial charge < -0.3 is 19.1 Å². The van der Waals surface area contributed by atoms with Crippen LogP contribution in [0.3, 0.4) is 0 Å². The number of hydrogen-bond donors (Lipinski definition) is 0. The first-order chi connectivity index (χ1) is 13.8. The topological polar surface area (TPSA) is 108 Å². The van der Waals surface area contributed by atoms with Gasteiger partial charge in [-0.25, -0.2) is 9.59 Å². The standard InChI is InChI=1S/C20H24N2O7/c1-6-29-11-21-12(2)16(19(23)27-4)18(17(13(21)3)20(24)28-5)14-9-7-8-10-15(14)22(25)26/h7-10,18H,6,11H2,1-5H3. The minimum Gasteiger partial charge on any atom is -0.466 e. The summed E-state index contributed by atoms with van der Waals surface area (Å²) in [6.07, 6.45) is 0. The summed E-state index contributed by atoms with van der Waals surface area (Å²) in [6, 6.07) is 5.99. The Morgan fingerprint density at radius 1 is 1.07 bits per heavy atom. The Labute approximate surface area is 168 Å². The third-order valence-corrected chi connectivity index (χ3v) is 4.85. The molecule has 1 heterocycles. The van der Waals surface area contributed by atoms with Gasteiger partial charge in [-0.15, -0.1) is 0 Å². The molecule has 0 atom stereocenters. The van der Waals surface area contributed by atoms with E-state index < -0.39 is 22.8 Å². The predicted molar refractivity (Wildman–Crippen MR) is 104 cm³/mol. The zero-order valence-electron chi connectivity index (χ0n) is 17.1. The van der Waals surface area contributed by atoms with Crippen molar-refractivity contribution in [1.82, 2.24) is 4.90 Å². The Morgan fingerprint density at radius 3 is 2.03 bits per heavy atom. The molecule has 9 heteroatoms. The van der Waals surface area contributed by atoms with Crippen LogP contribution in [-0.4, -0.2) is 49.3 Å². The maximum absolute atomic E-state index is 12.7. The van der Waals surface area contributed by atoms with Crippen molar-refractivity contribution in [2.45, 2.75) is 26.7 Å². The van der Waals surface area contributed by atoms with Crippen LogP contribution in [-0.2, 0) is 23.8 Å². The zero-order valence-corrected chi connectivity index (χ0v) is 17.1. The molecule has 1 aliphatic rings. The lowest BCUT2D eigenvalue weighted by Gasteiger charge is -2.37. The van der Waals surface area contributed by atoms with E-state index in [4.69, 9.17) is 14.2 Å². The molecule has 0 fully saturated rings. The number of para-hydroxylation sites is 1. The van der Waals surface area contributed by atoms with Crippen molar-refractivity contribution in [2.24, 2.45) is 0 Å². The molecule has 9 nitrogen and oxygen atoms in total. The van der Waals surface area contributed by atoms with Crippen molar-refractivity contribution >= 4 is 17.6 Å². The van der Waals surface area contributed by atoms with E-state index in [1.165, 1.54) is 32.4 Å². The van der Waals surface area contributed by atoms with E-state index in [0.717, 1.165) is 0 Å². The first-order valence-corrected chi connectivity index (χ1v) is 8.96. The van der Waals surface area contributed by atoms with Crippen molar-refractivity contribution in [3.8, 4) is 0 Å². The van der Waals surface area contributed by atoms with E-state index in [1.54, 1.807) is 24.8 Å². The molecule has 156 valence electrons. The summed E-state index contributed by atoms with van der Waals surface area (Å²) in [5.41, 5.74) is 1.20. The Morgan fingerprint density at radius 2 is 1.59 bits per heavy atom. The number of carbonyl (C=O) groups is 2. The van der Waals surface area contributed by atoms with Crippen LogP contribution in [0.25, 0.3) is 0 Å². The summed E-state index contributed by atoms with van der Waals surface area (Å²) in [7, 11) is 2.43. The molecule has 0 radical (unpaired) electrons. The zero-order chi connectivity index (χ0) is 21.7. The monoisotopic (exact) mass is 404 g/mol. The highest BCUT2D eigenvalue weighted by molar-refractivity contribution is 6.00. The number of methoxy groups -OCH3 is 2. The molecule has 0 unspecified atom stereocenters. The van der Waals surface area contributed by atoms with E-state index in [1.807, 2.05) is 6.92 Å². The SMILES string of the molecule is CCOCN1C(C)=C(C(=O)OC)C(c2ccccc2[N+](=O)[O-])C(C(=O)OC)=C1C. The van der Waals surface area contributed by atoms with Crippen molar-refractivity contribution in [2.75, 3.05) is 27.6 Å². The largest absolute Gasteiger partial charge is 0.466 e. The van der Waals surface area contributed by atoms with Gasteiger partial charge >= 0.3 is 11.9 Å². The van der Waals surface area contributed by atoms with E-state index in [0.29, 0.717) is 18.0 Å². The van der Waals surface area contributed by atoms with Gasteiger partial charge in [0.25, 0.3) is 5.69 Å². The Bertz CT molecular complexity index is 849. The lowest BCUT2D eigenvalue weighted by atomic mass is 9.79. The molecule has 1 aliphatic heterocycles. The number of nitrogens with zero attached hydrogens (tertiary/aromatic N) is 2. The van der Waals surface area contributed by atoms with Gasteiger partial charge in [-0.2, -0.15) is 0 Å². The van der Waals surface area contributed by atoms with E-state index in [-0.39, 0.29) is 29.1 Å². The number of benzene rings is 1. The van der Waals surface area contributed by atoms with Gasteiger partial charge in [-0.1, -0.05) is 18.2 Å². The van der Waals surface area contributed by atoms with Gasteiger partial charge in [-0.05, 0) is 20.8 Å². The molecular formula is C20H24N2O7. The summed E-state index contributed by atoms with van der Waals surface area (Å²) >= 11 is 0. The molecule has 0 aliphatic carbocycles. The molecule has 0 aromatic heterocycles. The first kappa shape index (κ1) is 22.1. The maximum Gasteiger partial charge on any atom is 0.336 e. The van der Waals surface area contributed by atoms with Crippen molar-refractivity contribution in [1.29, 1.82) is 0 Å². The van der Waals surface area contributed by atoms with Crippen molar-refractivity contribution < 1.29 is 28.7 Å². The van der Waals surface area contributed by atoms with Gasteiger partial charge in [0.2, 0.25) is 0 Å². The Kier molecular flexibility index (Phi) is 7.11. The van der Waals surface area contributed by atoms with Gasteiger partial charge in [0.05, 0.1) is 36.2 Å². The van der Waals surface area contributed by atoms with Crippen LogP contribution in [0.2, 0.25) is 0 Å². The summed E-state index contributed by atoms with van der Waals surface area (Å²) in [6.45, 7) is 5.71. The normalized spacial score (nSPS) is 14.9. The van der Waals surface area contributed by atoms with Crippen LogP contribution in [0.5, 0.6) is 0 Å². The second-order valence-electron chi connectivity index (χ2n) is 6.28. The number of nitro groups is 1. The van der Waals surface area contributed by atoms with Crippen LogP contribution >= 0.6 is 0 Å². The van der Waals surface area contributed by atoms with Crippen molar-refractivity contribution in [3.05, 3.63) is 62.5 Å². The molecule has 0 N–H and O–H groups in total. The highest BCUT2D eigenvalue weighted by Crippen LogP contribution is 2.45. The number of esters is 2. The van der Waals surface area contributed by atoms with E-state index in [9.17, 15) is 19.7 Å². The molecule has 0 saturated carbocycles. The molecule has 0 amide bonds. The number of carbonyl (C=O) groups excluding carboxylic acids is 2. The molecular weight excluding hydrogens is 380 g/mol. The van der Waals surface area contributed by atoms with E-state index >= 15 is 0 Å². The smallest absolute Gasteiger partial charge is 0.336 e. The molecule has 29 heavy (non-hydrogen) atoms. The van der Waals surface area contributed by atoms with Crippen LogP contribution in [0.1, 0.15) is 32.3 Å². The maximum atomic E-state index is 12.7. The average molecular weight is 404 g/mol. The second-order valence-corrected chi connectivity index (χ2v) is 6.28. The quantitative estimate of drug-likeness (QED) is 0.388. The van der Waals surface area contributed by atoms with Crippen molar-refractivity contribution in [3.63, 3.8) is 0 Å². The minimum atomic E-state index is -1.02. The number of hydrogen-bond acceptors (Lipinski definition) is 8. The predicted octanol–water partition coefficient (Wildman–Crippen LogP) is 2.88. The van der Waals surface area contributed by atoms with Crippen LogP contribution in [0, 0.1) is 10.1 Å². The van der Waals surface area contributed by atoms with Crippen LogP contribution in [0.4, 0.5) is 5.69 Å². The summed E-state index contributed by atoms with van der Waals surface area (Å²) in [5, 5.41) is 11.6. The molecule has 0 saturated heterocycles. The fraction of sp³-hybridized carbons (Fsp3) is 0.400. The van der Waals surface area contributed by atoms with Crippen LogP contribution in [0.15, 0.2) is 46.8 Å². The molecule has 1 aromatic carbocycles. The highest BCUT2D eigenvalue weighted by atomic mass is 16.6. The van der Waals surface area contributed by atoms with Crippen LogP contribution < -0.4 is 0 Å². The van der Waals surface area contributed by atoms with Gasteiger partial charge in [0, 0.05) is 29.6 Å². The highest BCUT2D eigenvalue weighted by Gasteiger charge is 2.42. The lowest BCUT2D eigenvalue weighted by Crippen LogP contribution is -2.36. The lowest BCUT2D eigenvalue weighted by molar-refractivity contribution is -0.385. The fourth-order valence-electron chi connectivity index (χ4n) is 3.44. The Balaban J connectivity index is 2.85. The number of ether oxygens (including phenoxy) is 3. The summed E-state index contributed by atoms with van der Waals surface area (Å²) < 4.78 is 15.4. The number of rotatable bonds is 7. The van der Waals surface area contributed by atoms with Gasteiger partial charge in [-0.3, -0.25) is 10.1 Å². The summed E-state index contributed by atoms with van der Waals surface area (Å²) in [4.78, 5) is 38.2. The third-order valence-electron chi connectivity index (χ3n) is 4.85. The molecule has 0 bridgehead atoms. The molecule has 1 aromatic rings. The molecule has 0 spiro atoms. The molecule has 2 rings (SSSR count). The Hall–Kier alpha value is -3.20.